The molecule has 0 aliphatic rings. The minimum Gasteiger partial charge on any atom is -0.310 e. The maximum atomic E-state index is 4.24. The minimum absolute atomic E-state index is 1.07. The van der Waals surface area contributed by atoms with Crippen LogP contribution in [0.4, 0.5) is 17.1 Å². The molecule has 0 bridgehead atoms. The molecule has 9 rings (SSSR count). The average Bonchev–Trinajstić information content (AvgIpc) is 3.66. The zero-order valence-electron chi connectivity index (χ0n) is 25.6. The van der Waals surface area contributed by atoms with Gasteiger partial charge >= 0.3 is 0 Å². The number of aromatic nitrogens is 3. The number of hydrogen-bond donors (Lipinski definition) is 0. The summed E-state index contributed by atoms with van der Waals surface area (Å²) in [6.45, 7) is 0. The fourth-order valence-corrected chi connectivity index (χ4v) is 6.93. The lowest BCUT2D eigenvalue weighted by molar-refractivity contribution is 1.07. The Hall–Kier alpha value is -6.39. The quantitative estimate of drug-likeness (QED) is 0.189. The molecule has 0 aliphatic heterocycles. The van der Waals surface area contributed by atoms with Gasteiger partial charge in [-0.1, -0.05) is 91.0 Å². The van der Waals surface area contributed by atoms with Crippen LogP contribution < -0.4 is 4.90 Å². The molecule has 0 aliphatic carbocycles. The molecule has 0 spiro atoms. The first-order valence-corrected chi connectivity index (χ1v) is 15.9. The molecule has 0 amide bonds. The molecular weight excluding hydrogens is 573 g/mol. The van der Waals surface area contributed by atoms with Crippen LogP contribution in [0.3, 0.4) is 0 Å². The van der Waals surface area contributed by atoms with Crippen molar-refractivity contribution in [3.63, 3.8) is 0 Å². The van der Waals surface area contributed by atoms with Gasteiger partial charge in [-0.15, -0.1) is 0 Å². The standard InChI is InChI=1S/C43H30N4/c1-4-12-33(13-5-1)45(37-26-28-44-29-27-37)36-23-20-31(21-24-36)32-22-25-41-39(30-32)42-38-18-10-11-19-40(38)46(34-14-6-2-7-15-34)43(42)47(41)35-16-8-3-9-17-35/h1-30H. The lowest BCUT2D eigenvalue weighted by atomic mass is 10.0. The Bertz CT molecular complexity index is 2440. The summed E-state index contributed by atoms with van der Waals surface area (Å²) in [6.07, 6.45) is 3.68. The molecule has 47 heavy (non-hydrogen) atoms. The third-order valence-corrected chi connectivity index (χ3v) is 8.99. The molecule has 0 unspecified atom stereocenters. The van der Waals surface area contributed by atoms with Gasteiger partial charge in [0.2, 0.25) is 0 Å². The highest BCUT2D eigenvalue weighted by Gasteiger charge is 2.22. The number of rotatable bonds is 6. The van der Waals surface area contributed by atoms with Gasteiger partial charge in [-0.2, -0.15) is 0 Å². The first-order valence-electron chi connectivity index (χ1n) is 15.9. The van der Waals surface area contributed by atoms with Crippen LogP contribution in [0.2, 0.25) is 0 Å². The van der Waals surface area contributed by atoms with Gasteiger partial charge < -0.3 is 4.90 Å². The van der Waals surface area contributed by atoms with E-state index in [1.807, 2.05) is 30.6 Å². The Labute approximate surface area is 273 Å². The first-order chi connectivity index (χ1) is 23.3. The van der Waals surface area contributed by atoms with Gasteiger partial charge in [0, 0.05) is 57.0 Å². The molecule has 0 atom stereocenters. The normalized spacial score (nSPS) is 11.4. The van der Waals surface area contributed by atoms with Crippen LogP contribution in [-0.4, -0.2) is 14.1 Å². The number of hydrogen-bond acceptors (Lipinski definition) is 2. The lowest BCUT2D eigenvalue weighted by Crippen LogP contribution is -2.09. The molecule has 3 heterocycles. The van der Waals surface area contributed by atoms with Gasteiger partial charge in [0.15, 0.2) is 0 Å². The fraction of sp³-hybridized carbons (Fsp3) is 0. The van der Waals surface area contributed by atoms with E-state index in [1.54, 1.807) is 0 Å². The monoisotopic (exact) mass is 602 g/mol. The number of para-hydroxylation sites is 4. The summed E-state index contributed by atoms with van der Waals surface area (Å²) in [6, 6.07) is 60.5. The molecule has 0 saturated carbocycles. The summed E-state index contributed by atoms with van der Waals surface area (Å²) in [5, 5.41) is 3.74. The topological polar surface area (TPSA) is 26.0 Å². The number of anilines is 3. The fourth-order valence-electron chi connectivity index (χ4n) is 6.93. The summed E-state index contributed by atoms with van der Waals surface area (Å²) in [4.78, 5) is 6.50. The molecule has 0 N–H and O–H groups in total. The van der Waals surface area contributed by atoms with E-state index in [-0.39, 0.29) is 0 Å². The Morgan fingerprint density at radius 2 is 0.915 bits per heavy atom. The number of fused-ring (bicyclic) bond motifs is 5. The Morgan fingerprint density at radius 3 is 1.57 bits per heavy atom. The highest BCUT2D eigenvalue weighted by Crippen LogP contribution is 2.42. The first kappa shape index (κ1) is 27.0. The predicted octanol–water partition coefficient (Wildman–Crippen LogP) is 11.3. The summed E-state index contributed by atoms with van der Waals surface area (Å²) in [5.74, 6) is 0. The predicted molar refractivity (Wildman–Crippen MR) is 196 cm³/mol. The van der Waals surface area contributed by atoms with Crippen LogP contribution in [0, 0.1) is 0 Å². The van der Waals surface area contributed by atoms with Crippen molar-refractivity contribution < 1.29 is 0 Å². The van der Waals surface area contributed by atoms with Crippen LogP contribution in [0.25, 0.3) is 55.3 Å². The zero-order chi connectivity index (χ0) is 31.2. The van der Waals surface area contributed by atoms with Crippen molar-refractivity contribution in [3.8, 4) is 22.5 Å². The van der Waals surface area contributed by atoms with Crippen LogP contribution >= 0.6 is 0 Å². The van der Waals surface area contributed by atoms with E-state index in [0.717, 1.165) is 28.4 Å². The van der Waals surface area contributed by atoms with E-state index in [1.165, 1.54) is 44.0 Å². The van der Waals surface area contributed by atoms with E-state index in [4.69, 9.17) is 0 Å². The summed E-state index contributed by atoms with van der Waals surface area (Å²) < 4.78 is 4.82. The van der Waals surface area contributed by atoms with Crippen molar-refractivity contribution in [1.82, 2.24) is 14.1 Å². The van der Waals surface area contributed by atoms with Gasteiger partial charge in [-0.05, 0) is 90.0 Å². The lowest BCUT2D eigenvalue weighted by Gasteiger charge is -2.25. The van der Waals surface area contributed by atoms with Crippen molar-refractivity contribution in [3.05, 3.63) is 182 Å². The molecule has 0 radical (unpaired) electrons. The molecule has 4 heteroatoms. The molecule has 0 fully saturated rings. The summed E-state index contributed by atoms with van der Waals surface area (Å²) >= 11 is 0. The van der Waals surface area contributed by atoms with Crippen molar-refractivity contribution >= 4 is 49.9 Å². The molecular formula is C43H30N4. The highest BCUT2D eigenvalue weighted by atomic mass is 15.1. The van der Waals surface area contributed by atoms with Gasteiger partial charge in [0.25, 0.3) is 0 Å². The third kappa shape index (κ3) is 4.50. The van der Waals surface area contributed by atoms with Crippen LogP contribution in [0.1, 0.15) is 0 Å². The van der Waals surface area contributed by atoms with Crippen molar-refractivity contribution in [2.75, 3.05) is 4.90 Å². The number of pyridine rings is 1. The average molecular weight is 603 g/mol. The molecule has 9 aromatic rings. The van der Waals surface area contributed by atoms with E-state index >= 15 is 0 Å². The molecule has 4 nitrogen and oxygen atoms in total. The molecule has 0 saturated heterocycles. The van der Waals surface area contributed by atoms with Gasteiger partial charge in [-0.25, -0.2) is 0 Å². The van der Waals surface area contributed by atoms with E-state index in [9.17, 15) is 0 Å². The largest absolute Gasteiger partial charge is 0.310 e. The Kier molecular flexibility index (Phi) is 6.43. The van der Waals surface area contributed by atoms with Crippen LogP contribution in [0.5, 0.6) is 0 Å². The Balaban J connectivity index is 1.25. The second-order valence-electron chi connectivity index (χ2n) is 11.7. The summed E-state index contributed by atoms with van der Waals surface area (Å²) in [5.41, 5.74) is 11.5. The Morgan fingerprint density at radius 1 is 0.404 bits per heavy atom. The minimum atomic E-state index is 1.07. The van der Waals surface area contributed by atoms with Crippen LogP contribution in [0.15, 0.2) is 182 Å². The molecule has 3 aromatic heterocycles. The van der Waals surface area contributed by atoms with Crippen molar-refractivity contribution in [1.29, 1.82) is 0 Å². The number of benzene rings is 6. The van der Waals surface area contributed by atoms with E-state index < -0.39 is 0 Å². The number of nitrogens with zero attached hydrogens (tertiary/aromatic N) is 4. The van der Waals surface area contributed by atoms with E-state index in [0.29, 0.717) is 0 Å². The van der Waals surface area contributed by atoms with Gasteiger partial charge in [0.05, 0.1) is 11.0 Å². The van der Waals surface area contributed by atoms with Crippen LogP contribution in [-0.2, 0) is 0 Å². The second kappa shape index (κ2) is 11.2. The molecule has 6 aromatic carbocycles. The highest BCUT2D eigenvalue weighted by molar-refractivity contribution is 6.23. The van der Waals surface area contributed by atoms with Gasteiger partial charge in [-0.3, -0.25) is 14.1 Å². The summed E-state index contributed by atoms with van der Waals surface area (Å²) in [7, 11) is 0. The maximum absolute atomic E-state index is 4.24. The molecule has 222 valence electrons. The third-order valence-electron chi connectivity index (χ3n) is 8.99. The second-order valence-corrected chi connectivity index (χ2v) is 11.7. The zero-order valence-corrected chi connectivity index (χ0v) is 25.6. The smallest absolute Gasteiger partial charge is 0.131 e. The SMILES string of the molecule is c1ccc(N(c2ccncc2)c2ccc(-c3ccc4c(c3)c3c5ccccc5n(-c5ccccc5)c3n4-c3ccccc3)cc2)cc1. The van der Waals surface area contributed by atoms with Crippen molar-refractivity contribution in [2.45, 2.75) is 0 Å². The van der Waals surface area contributed by atoms with Crippen molar-refractivity contribution in [2.24, 2.45) is 0 Å². The van der Waals surface area contributed by atoms with E-state index in [2.05, 4.69) is 171 Å². The maximum Gasteiger partial charge on any atom is 0.131 e. The van der Waals surface area contributed by atoms with Gasteiger partial charge in [0.1, 0.15) is 5.65 Å².